The zero-order chi connectivity index (χ0) is 15.2. The Labute approximate surface area is 122 Å². The van der Waals surface area contributed by atoms with Gasteiger partial charge in [-0.15, -0.1) is 0 Å². The SMILES string of the molecule is CCCc1cc(CCC)c(S(=O)(=O)NN)c(CCC)c1. The van der Waals surface area contributed by atoms with Gasteiger partial charge in [0, 0.05) is 0 Å². The van der Waals surface area contributed by atoms with Crippen LogP contribution in [0.15, 0.2) is 17.0 Å². The lowest BCUT2D eigenvalue weighted by molar-refractivity contribution is 0.581. The smallest absolute Gasteiger partial charge is 0.253 e. The van der Waals surface area contributed by atoms with Crippen LogP contribution in [0, 0.1) is 0 Å². The zero-order valence-electron chi connectivity index (χ0n) is 12.7. The lowest BCUT2D eigenvalue weighted by Crippen LogP contribution is -2.32. The van der Waals surface area contributed by atoms with Gasteiger partial charge in [-0.1, -0.05) is 52.2 Å². The van der Waals surface area contributed by atoms with Gasteiger partial charge < -0.3 is 0 Å². The third-order valence-corrected chi connectivity index (χ3v) is 4.68. The fourth-order valence-corrected chi connectivity index (χ4v) is 3.70. The van der Waals surface area contributed by atoms with Crippen LogP contribution in [-0.2, 0) is 29.3 Å². The van der Waals surface area contributed by atoms with Gasteiger partial charge in [0.2, 0.25) is 0 Å². The highest BCUT2D eigenvalue weighted by atomic mass is 32.2. The summed E-state index contributed by atoms with van der Waals surface area (Å²) in [4.78, 5) is 2.37. The van der Waals surface area contributed by atoms with Crippen LogP contribution < -0.4 is 10.7 Å². The van der Waals surface area contributed by atoms with E-state index in [-0.39, 0.29) is 0 Å². The molecule has 0 aliphatic heterocycles. The van der Waals surface area contributed by atoms with Gasteiger partial charge >= 0.3 is 0 Å². The van der Waals surface area contributed by atoms with Gasteiger partial charge in [0.15, 0.2) is 0 Å². The minimum absolute atomic E-state index is 0.392. The Morgan fingerprint density at radius 1 is 0.950 bits per heavy atom. The summed E-state index contributed by atoms with van der Waals surface area (Å²) in [6, 6.07) is 4.05. The maximum Gasteiger partial charge on any atom is 0.253 e. The van der Waals surface area contributed by atoms with Gasteiger partial charge in [-0.25, -0.2) is 8.42 Å². The summed E-state index contributed by atoms with van der Waals surface area (Å²) in [6.07, 6.45) is 5.36. The molecule has 0 heterocycles. The first-order chi connectivity index (χ1) is 9.50. The molecule has 0 bridgehead atoms. The van der Waals surface area contributed by atoms with Crippen molar-refractivity contribution in [1.82, 2.24) is 4.83 Å². The van der Waals surface area contributed by atoms with Gasteiger partial charge in [-0.2, -0.15) is 4.83 Å². The highest BCUT2D eigenvalue weighted by Crippen LogP contribution is 2.26. The largest absolute Gasteiger partial charge is 0.257 e. The molecule has 5 heteroatoms. The van der Waals surface area contributed by atoms with Gasteiger partial charge in [0.05, 0.1) is 4.90 Å². The van der Waals surface area contributed by atoms with E-state index in [2.05, 4.69) is 20.8 Å². The van der Waals surface area contributed by atoms with Crippen molar-refractivity contribution in [3.63, 3.8) is 0 Å². The molecule has 0 aromatic heterocycles. The summed E-state index contributed by atoms with van der Waals surface area (Å²) in [5, 5.41) is 0. The van der Waals surface area contributed by atoms with Crippen LogP contribution in [0.1, 0.15) is 56.7 Å². The van der Waals surface area contributed by atoms with E-state index in [9.17, 15) is 8.42 Å². The van der Waals surface area contributed by atoms with Crippen molar-refractivity contribution in [2.45, 2.75) is 64.2 Å². The minimum Gasteiger partial charge on any atom is -0.257 e. The molecule has 1 rings (SSSR count). The number of benzene rings is 1. The van der Waals surface area contributed by atoms with Crippen LogP contribution in [0.3, 0.4) is 0 Å². The second-order valence-corrected chi connectivity index (χ2v) is 6.77. The molecule has 1 aromatic carbocycles. The van der Waals surface area contributed by atoms with Gasteiger partial charge in [0.25, 0.3) is 10.0 Å². The number of aryl methyl sites for hydroxylation is 3. The first-order valence-corrected chi connectivity index (χ1v) is 8.85. The minimum atomic E-state index is -3.61. The van der Waals surface area contributed by atoms with Crippen molar-refractivity contribution in [2.75, 3.05) is 0 Å². The monoisotopic (exact) mass is 298 g/mol. The molecule has 0 atom stereocenters. The van der Waals surface area contributed by atoms with Crippen LogP contribution >= 0.6 is 0 Å². The molecule has 20 heavy (non-hydrogen) atoms. The van der Waals surface area contributed by atoms with Crippen molar-refractivity contribution in [2.24, 2.45) is 5.84 Å². The van der Waals surface area contributed by atoms with Crippen LogP contribution in [0.4, 0.5) is 0 Å². The lowest BCUT2D eigenvalue weighted by atomic mass is 9.97. The second-order valence-electron chi connectivity index (χ2n) is 5.11. The van der Waals surface area contributed by atoms with Crippen LogP contribution in [0.2, 0.25) is 0 Å². The van der Waals surface area contributed by atoms with E-state index >= 15 is 0 Å². The molecule has 0 fully saturated rings. The van der Waals surface area contributed by atoms with E-state index in [0.29, 0.717) is 4.90 Å². The maximum atomic E-state index is 12.2. The normalized spacial score (nSPS) is 11.8. The van der Waals surface area contributed by atoms with E-state index in [4.69, 9.17) is 5.84 Å². The molecule has 0 saturated carbocycles. The summed E-state index contributed by atoms with van der Waals surface area (Å²) in [7, 11) is -3.61. The fraction of sp³-hybridized carbons (Fsp3) is 0.600. The second kappa shape index (κ2) is 7.76. The Hall–Kier alpha value is -0.910. The maximum absolute atomic E-state index is 12.2. The Balaban J connectivity index is 3.50. The van der Waals surface area contributed by atoms with E-state index in [0.717, 1.165) is 49.7 Å². The fourth-order valence-electron chi connectivity index (χ4n) is 2.57. The predicted molar refractivity (Wildman–Crippen MR) is 82.9 cm³/mol. The third-order valence-electron chi connectivity index (χ3n) is 3.30. The standard InChI is InChI=1S/C15H26N2O2S/c1-4-7-12-10-13(8-5-2)15(20(18,19)17-16)14(11-12)9-6-3/h10-11,17H,4-9,16H2,1-3H3. The topological polar surface area (TPSA) is 72.2 Å². The Morgan fingerprint density at radius 2 is 1.40 bits per heavy atom. The van der Waals surface area contributed by atoms with E-state index in [1.807, 2.05) is 17.0 Å². The summed E-state index contributed by atoms with van der Waals surface area (Å²) in [5.41, 5.74) is 3.00. The van der Waals surface area contributed by atoms with E-state index in [1.165, 1.54) is 5.56 Å². The molecule has 0 spiro atoms. The number of nitrogens with two attached hydrogens (primary N) is 1. The quantitative estimate of drug-likeness (QED) is 0.572. The number of nitrogens with one attached hydrogen (secondary N) is 1. The molecule has 0 aliphatic rings. The molecule has 0 aliphatic carbocycles. The Morgan fingerprint density at radius 3 is 1.75 bits per heavy atom. The molecule has 4 nitrogen and oxygen atoms in total. The molecule has 0 unspecified atom stereocenters. The third kappa shape index (κ3) is 4.04. The highest BCUT2D eigenvalue weighted by Gasteiger charge is 2.21. The van der Waals surface area contributed by atoms with Crippen LogP contribution in [-0.4, -0.2) is 8.42 Å². The number of sulfonamides is 1. The van der Waals surface area contributed by atoms with Gasteiger partial charge in [-0.05, 0) is 36.0 Å². The van der Waals surface area contributed by atoms with Gasteiger partial charge in [-0.3, -0.25) is 5.84 Å². The van der Waals surface area contributed by atoms with E-state index in [1.54, 1.807) is 0 Å². The van der Waals surface area contributed by atoms with Crippen LogP contribution in [0.25, 0.3) is 0 Å². The van der Waals surface area contributed by atoms with Crippen molar-refractivity contribution >= 4 is 10.0 Å². The molecular formula is C15H26N2O2S. The molecule has 0 amide bonds. The molecule has 0 saturated heterocycles. The average molecular weight is 298 g/mol. The number of rotatable bonds is 8. The lowest BCUT2D eigenvalue weighted by Gasteiger charge is -2.16. The Bertz CT molecular complexity index is 512. The predicted octanol–water partition coefficient (Wildman–Crippen LogP) is 2.70. The van der Waals surface area contributed by atoms with Crippen molar-refractivity contribution in [3.05, 3.63) is 28.8 Å². The molecular weight excluding hydrogens is 272 g/mol. The Kier molecular flexibility index (Phi) is 6.65. The molecule has 0 radical (unpaired) electrons. The van der Waals surface area contributed by atoms with E-state index < -0.39 is 10.0 Å². The summed E-state index contributed by atoms with van der Waals surface area (Å²) in [6.45, 7) is 6.24. The average Bonchev–Trinajstić information content (AvgIpc) is 2.39. The number of hydrazine groups is 1. The first-order valence-electron chi connectivity index (χ1n) is 7.37. The number of hydrogen-bond donors (Lipinski definition) is 2. The molecule has 3 N–H and O–H groups in total. The zero-order valence-corrected chi connectivity index (χ0v) is 13.5. The van der Waals surface area contributed by atoms with Crippen LogP contribution in [0.5, 0.6) is 0 Å². The molecule has 114 valence electrons. The van der Waals surface area contributed by atoms with Crippen molar-refractivity contribution < 1.29 is 8.42 Å². The number of hydrogen-bond acceptors (Lipinski definition) is 3. The van der Waals surface area contributed by atoms with Crippen molar-refractivity contribution in [1.29, 1.82) is 0 Å². The highest BCUT2D eigenvalue weighted by molar-refractivity contribution is 7.89. The van der Waals surface area contributed by atoms with Gasteiger partial charge in [0.1, 0.15) is 0 Å². The first kappa shape index (κ1) is 17.1. The summed E-state index contributed by atoms with van der Waals surface area (Å²) < 4.78 is 24.5. The summed E-state index contributed by atoms with van der Waals surface area (Å²) >= 11 is 0. The van der Waals surface area contributed by atoms with Crippen molar-refractivity contribution in [3.8, 4) is 0 Å². The molecule has 1 aromatic rings. The summed E-state index contributed by atoms with van der Waals surface area (Å²) in [5.74, 6) is 5.23.